The van der Waals surface area contributed by atoms with Gasteiger partial charge < -0.3 is 5.73 Å². The summed E-state index contributed by atoms with van der Waals surface area (Å²) in [6.07, 6.45) is 1.66. The molecule has 0 spiro atoms. The normalized spacial score (nSPS) is 10.5. The lowest BCUT2D eigenvalue weighted by Gasteiger charge is -2.03. The summed E-state index contributed by atoms with van der Waals surface area (Å²) in [5.41, 5.74) is 6.20. The number of anilines is 1. The van der Waals surface area contributed by atoms with Gasteiger partial charge in [-0.1, -0.05) is 13.8 Å². The second kappa shape index (κ2) is 3.34. The zero-order valence-electron chi connectivity index (χ0n) is 6.50. The van der Waals surface area contributed by atoms with E-state index in [1.165, 1.54) is 0 Å². The van der Waals surface area contributed by atoms with Crippen LogP contribution in [0.15, 0.2) is 6.20 Å². The van der Waals surface area contributed by atoms with Crippen LogP contribution in [0.5, 0.6) is 0 Å². The summed E-state index contributed by atoms with van der Waals surface area (Å²) >= 11 is 2.11. The predicted molar refractivity (Wildman–Crippen MR) is 53.3 cm³/mol. The number of nitrogen functional groups attached to an aromatic ring is 1. The standard InChI is InChI=1S/C7H10IN3/c1-4(2)7-10-3-5(9)6(8)11-7/h3-4H,9H2,1-2H3. The van der Waals surface area contributed by atoms with E-state index in [-0.39, 0.29) is 0 Å². The zero-order chi connectivity index (χ0) is 8.43. The maximum Gasteiger partial charge on any atom is 0.132 e. The van der Waals surface area contributed by atoms with Crippen molar-refractivity contribution in [3.05, 3.63) is 15.7 Å². The average Bonchev–Trinajstić information content (AvgIpc) is 1.94. The SMILES string of the molecule is CC(C)c1ncc(N)c(I)n1. The Bertz CT molecular complexity index is 260. The molecule has 0 aliphatic carbocycles. The Morgan fingerprint density at radius 2 is 2.18 bits per heavy atom. The first-order valence-corrected chi connectivity index (χ1v) is 4.47. The molecule has 1 heterocycles. The third-order valence-electron chi connectivity index (χ3n) is 1.30. The second-order valence-corrected chi connectivity index (χ2v) is 3.65. The largest absolute Gasteiger partial charge is 0.395 e. The Balaban J connectivity index is 3.05. The molecule has 0 saturated carbocycles. The Morgan fingerprint density at radius 3 is 2.64 bits per heavy atom. The number of halogens is 1. The van der Waals surface area contributed by atoms with Crippen LogP contribution in [-0.2, 0) is 0 Å². The second-order valence-electron chi connectivity index (χ2n) is 2.63. The molecule has 1 rings (SSSR count). The van der Waals surface area contributed by atoms with Gasteiger partial charge in [-0.05, 0) is 22.6 Å². The van der Waals surface area contributed by atoms with Gasteiger partial charge in [0.1, 0.15) is 9.53 Å². The molecule has 0 aliphatic heterocycles. The molecule has 0 atom stereocenters. The van der Waals surface area contributed by atoms with Crippen molar-refractivity contribution in [2.24, 2.45) is 0 Å². The maximum atomic E-state index is 5.56. The zero-order valence-corrected chi connectivity index (χ0v) is 8.66. The van der Waals surface area contributed by atoms with E-state index in [1.807, 2.05) is 0 Å². The highest BCUT2D eigenvalue weighted by molar-refractivity contribution is 14.1. The summed E-state index contributed by atoms with van der Waals surface area (Å²) in [7, 11) is 0. The number of nitrogens with two attached hydrogens (primary N) is 1. The molecule has 4 heteroatoms. The van der Waals surface area contributed by atoms with Crippen LogP contribution >= 0.6 is 22.6 Å². The van der Waals surface area contributed by atoms with Gasteiger partial charge in [0.05, 0.1) is 11.9 Å². The summed E-state index contributed by atoms with van der Waals surface area (Å²) in [5, 5.41) is 0. The van der Waals surface area contributed by atoms with Gasteiger partial charge in [-0.2, -0.15) is 0 Å². The monoisotopic (exact) mass is 263 g/mol. The lowest BCUT2D eigenvalue weighted by atomic mass is 10.2. The molecule has 0 fully saturated rings. The molecule has 0 radical (unpaired) electrons. The van der Waals surface area contributed by atoms with Crippen molar-refractivity contribution in [3.63, 3.8) is 0 Å². The first kappa shape index (κ1) is 8.70. The smallest absolute Gasteiger partial charge is 0.132 e. The fraction of sp³-hybridized carbons (Fsp3) is 0.429. The molecular weight excluding hydrogens is 253 g/mol. The van der Waals surface area contributed by atoms with Crippen molar-refractivity contribution in [2.75, 3.05) is 5.73 Å². The third kappa shape index (κ3) is 2.02. The van der Waals surface area contributed by atoms with E-state index in [1.54, 1.807) is 6.20 Å². The minimum absolute atomic E-state index is 0.365. The summed E-state index contributed by atoms with van der Waals surface area (Å²) in [4.78, 5) is 8.32. The molecule has 0 bridgehead atoms. The van der Waals surface area contributed by atoms with Gasteiger partial charge in [0.25, 0.3) is 0 Å². The average molecular weight is 263 g/mol. The first-order chi connectivity index (χ1) is 5.11. The highest BCUT2D eigenvalue weighted by Crippen LogP contribution is 2.14. The first-order valence-electron chi connectivity index (χ1n) is 3.39. The van der Waals surface area contributed by atoms with E-state index in [0.717, 1.165) is 9.53 Å². The van der Waals surface area contributed by atoms with Crippen LogP contribution in [0, 0.1) is 3.70 Å². The van der Waals surface area contributed by atoms with Crippen LogP contribution < -0.4 is 5.73 Å². The van der Waals surface area contributed by atoms with Gasteiger partial charge in [-0.3, -0.25) is 0 Å². The molecular formula is C7H10IN3. The number of rotatable bonds is 1. The van der Waals surface area contributed by atoms with Crippen LogP contribution in [0.3, 0.4) is 0 Å². The molecule has 1 aromatic rings. The molecule has 0 saturated heterocycles. The Hall–Kier alpha value is -0.390. The minimum atomic E-state index is 0.365. The number of hydrogen-bond acceptors (Lipinski definition) is 3. The lowest BCUT2D eigenvalue weighted by molar-refractivity contribution is 0.770. The van der Waals surface area contributed by atoms with Crippen molar-refractivity contribution in [3.8, 4) is 0 Å². The van der Waals surface area contributed by atoms with Gasteiger partial charge >= 0.3 is 0 Å². The fourth-order valence-electron chi connectivity index (χ4n) is 0.661. The van der Waals surface area contributed by atoms with Gasteiger partial charge in [0.2, 0.25) is 0 Å². The van der Waals surface area contributed by atoms with E-state index in [4.69, 9.17) is 5.73 Å². The highest BCUT2D eigenvalue weighted by Gasteiger charge is 2.04. The number of aromatic nitrogens is 2. The summed E-state index contributed by atoms with van der Waals surface area (Å²) < 4.78 is 0.835. The van der Waals surface area contributed by atoms with Crippen molar-refractivity contribution in [1.29, 1.82) is 0 Å². The van der Waals surface area contributed by atoms with Gasteiger partial charge in [0.15, 0.2) is 0 Å². The highest BCUT2D eigenvalue weighted by atomic mass is 127. The molecule has 11 heavy (non-hydrogen) atoms. The molecule has 0 amide bonds. The van der Waals surface area contributed by atoms with E-state index >= 15 is 0 Å². The molecule has 0 aromatic carbocycles. The molecule has 3 nitrogen and oxygen atoms in total. The van der Waals surface area contributed by atoms with Crippen LogP contribution in [0.4, 0.5) is 5.69 Å². The van der Waals surface area contributed by atoms with E-state index in [2.05, 4.69) is 46.4 Å². The van der Waals surface area contributed by atoms with Crippen molar-refractivity contribution in [1.82, 2.24) is 9.97 Å². The molecule has 0 unspecified atom stereocenters. The van der Waals surface area contributed by atoms with Crippen LogP contribution in [0.1, 0.15) is 25.6 Å². The molecule has 2 N–H and O–H groups in total. The maximum absolute atomic E-state index is 5.56. The summed E-state index contributed by atoms with van der Waals surface area (Å²) in [5.74, 6) is 1.22. The molecule has 1 aromatic heterocycles. The van der Waals surface area contributed by atoms with Gasteiger partial charge in [-0.25, -0.2) is 9.97 Å². The Morgan fingerprint density at radius 1 is 1.55 bits per heavy atom. The van der Waals surface area contributed by atoms with Crippen LogP contribution in [0.25, 0.3) is 0 Å². The third-order valence-corrected chi connectivity index (χ3v) is 2.17. The molecule has 60 valence electrons. The Kier molecular flexibility index (Phi) is 2.64. The van der Waals surface area contributed by atoms with E-state index in [0.29, 0.717) is 11.6 Å². The quantitative estimate of drug-likeness (QED) is 0.620. The van der Waals surface area contributed by atoms with E-state index < -0.39 is 0 Å². The lowest BCUT2D eigenvalue weighted by Crippen LogP contribution is -2.01. The number of nitrogens with zero attached hydrogens (tertiary/aromatic N) is 2. The topological polar surface area (TPSA) is 51.8 Å². The van der Waals surface area contributed by atoms with Crippen molar-refractivity contribution in [2.45, 2.75) is 19.8 Å². The van der Waals surface area contributed by atoms with Crippen LogP contribution in [-0.4, -0.2) is 9.97 Å². The summed E-state index contributed by atoms with van der Waals surface area (Å²) in [6.45, 7) is 4.11. The Labute approximate surface area is 79.6 Å². The van der Waals surface area contributed by atoms with Gasteiger partial charge in [-0.15, -0.1) is 0 Å². The minimum Gasteiger partial charge on any atom is -0.395 e. The van der Waals surface area contributed by atoms with Crippen LogP contribution in [0.2, 0.25) is 0 Å². The van der Waals surface area contributed by atoms with Crippen molar-refractivity contribution < 1.29 is 0 Å². The predicted octanol–water partition coefficient (Wildman–Crippen LogP) is 1.79. The van der Waals surface area contributed by atoms with E-state index in [9.17, 15) is 0 Å². The molecule has 0 aliphatic rings. The summed E-state index contributed by atoms with van der Waals surface area (Å²) in [6, 6.07) is 0. The fourth-order valence-corrected chi connectivity index (χ4v) is 1.05. The van der Waals surface area contributed by atoms with Gasteiger partial charge in [0, 0.05) is 5.92 Å². The number of hydrogen-bond donors (Lipinski definition) is 1. The van der Waals surface area contributed by atoms with Crippen molar-refractivity contribution >= 4 is 28.3 Å².